The molecule has 1 aliphatic rings. The van der Waals surface area contributed by atoms with Crippen molar-refractivity contribution in [3.05, 3.63) is 53.9 Å². The van der Waals surface area contributed by atoms with Crippen LogP contribution < -0.4 is 0 Å². The van der Waals surface area contributed by atoms with Crippen LogP contribution >= 0.6 is 0 Å². The van der Waals surface area contributed by atoms with Gasteiger partial charge in [-0.3, -0.25) is 4.98 Å². The van der Waals surface area contributed by atoms with Crippen LogP contribution in [0.25, 0.3) is 0 Å². The minimum Gasteiger partial charge on any atom is -0.262 e. The van der Waals surface area contributed by atoms with Crippen LogP contribution in [0.2, 0.25) is 0 Å². The molecule has 1 aliphatic carbocycles. The Labute approximate surface area is 85.2 Å². The van der Waals surface area contributed by atoms with Crippen molar-refractivity contribution in [3.8, 4) is 0 Å². The third kappa shape index (κ3) is 1.77. The van der Waals surface area contributed by atoms with Crippen molar-refractivity contribution in [2.75, 3.05) is 0 Å². The van der Waals surface area contributed by atoms with Gasteiger partial charge in [-0.1, -0.05) is 31.2 Å². The zero-order valence-electron chi connectivity index (χ0n) is 8.64. The lowest BCUT2D eigenvalue weighted by atomic mass is 9.84. The molecular formula is C13H15N. The van der Waals surface area contributed by atoms with Gasteiger partial charge < -0.3 is 0 Å². The Morgan fingerprint density at radius 1 is 1.21 bits per heavy atom. The highest BCUT2D eigenvalue weighted by Gasteiger charge is 2.15. The Balaban J connectivity index is 2.31. The van der Waals surface area contributed by atoms with Gasteiger partial charge in [0, 0.05) is 17.8 Å². The minimum absolute atomic E-state index is 0.515. The molecule has 1 aromatic heterocycles. The van der Waals surface area contributed by atoms with Gasteiger partial charge in [-0.25, -0.2) is 0 Å². The first-order valence-corrected chi connectivity index (χ1v) is 5.05. The van der Waals surface area contributed by atoms with Crippen LogP contribution in [0.3, 0.4) is 0 Å². The second-order valence-electron chi connectivity index (χ2n) is 3.89. The van der Waals surface area contributed by atoms with Crippen LogP contribution in [-0.2, 0) is 0 Å². The van der Waals surface area contributed by atoms with Crippen molar-refractivity contribution in [3.63, 3.8) is 0 Å². The molecule has 0 aliphatic heterocycles. The van der Waals surface area contributed by atoms with Crippen LogP contribution in [0, 0.1) is 12.8 Å². The first-order valence-electron chi connectivity index (χ1n) is 5.05. The SMILES string of the molecule is Cc1cc(C2C=CC=CC2C)ccn1. The Kier molecular flexibility index (Phi) is 2.49. The molecule has 1 aromatic rings. The van der Waals surface area contributed by atoms with Gasteiger partial charge in [0.2, 0.25) is 0 Å². The summed E-state index contributed by atoms with van der Waals surface area (Å²) in [4.78, 5) is 4.22. The molecule has 0 saturated carbocycles. The predicted molar refractivity (Wildman–Crippen MR) is 59.2 cm³/mol. The van der Waals surface area contributed by atoms with Gasteiger partial charge in [-0.15, -0.1) is 0 Å². The normalized spacial score (nSPS) is 25.3. The van der Waals surface area contributed by atoms with E-state index in [1.807, 2.05) is 13.1 Å². The Morgan fingerprint density at radius 2 is 2.00 bits per heavy atom. The van der Waals surface area contributed by atoms with E-state index in [-0.39, 0.29) is 0 Å². The van der Waals surface area contributed by atoms with Gasteiger partial charge in [0.25, 0.3) is 0 Å². The van der Waals surface area contributed by atoms with Gasteiger partial charge >= 0.3 is 0 Å². The van der Waals surface area contributed by atoms with Crippen molar-refractivity contribution in [2.24, 2.45) is 5.92 Å². The summed E-state index contributed by atoms with van der Waals surface area (Å²) in [5, 5.41) is 0. The van der Waals surface area contributed by atoms with Crippen LogP contribution in [0.15, 0.2) is 42.6 Å². The lowest BCUT2D eigenvalue weighted by Gasteiger charge is -2.20. The second-order valence-corrected chi connectivity index (χ2v) is 3.89. The number of allylic oxidation sites excluding steroid dienone is 4. The lowest BCUT2D eigenvalue weighted by Crippen LogP contribution is -2.07. The standard InChI is InChI=1S/C13H15N/c1-10-5-3-4-6-13(10)12-7-8-14-11(2)9-12/h3-10,13H,1-2H3. The molecule has 2 rings (SSSR count). The molecule has 1 nitrogen and oxygen atoms in total. The van der Waals surface area contributed by atoms with Gasteiger partial charge in [-0.2, -0.15) is 0 Å². The van der Waals surface area contributed by atoms with E-state index in [4.69, 9.17) is 0 Å². The van der Waals surface area contributed by atoms with Gasteiger partial charge in [0.1, 0.15) is 0 Å². The summed E-state index contributed by atoms with van der Waals surface area (Å²) < 4.78 is 0. The van der Waals surface area contributed by atoms with E-state index in [9.17, 15) is 0 Å². The molecule has 72 valence electrons. The van der Waals surface area contributed by atoms with Crippen LogP contribution in [0.5, 0.6) is 0 Å². The zero-order valence-corrected chi connectivity index (χ0v) is 8.64. The average molecular weight is 185 g/mol. The summed E-state index contributed by atoms with van der Waals surface area (Å²) in [7, 11) is 0. The molecule has 0 amide bonds. The largest absolute Gasteiger partial charge is 0.262 e. The minimum atomic E-state index is 0.515. The topological polar surface area (TPSA) is 12.9 Å². The maximum absolute atomic E-state index is 4.22. The van der Waals surface area contributed by atoms with Crippen LogP contribution in [0.1, 0.15) is 24.1 Å². The molecule has 0 fully saturated rings. The smallest absolute Gasteiger partial charge is 0.0375 e. The highest BCUT2D eigenvalue weighted by atomic mass is 14.6. The summed E-state index contributed by atoms with van der Waals surface area (Å²) in [6.07, 6.45) is 10.7. The number of aromatic nitrogens is 1. The van der Waals surface area contributed by atoms with Crippen LogP contribution in [0.4, 0.5) is 0 Å². The highest BCUT2D eigenvalue weighted by molar-refractivity contribution is 5.30. The molecule has 0 aromatic carbocycles. The highest BCUT2D eigenvalue weighted by Crippen LogP contribution is 2.29. The first kappa shape index (κ1) is 9.20. The Morgan fingerprint density at radius 3 is 2.71 bits per heavy atom. The molecule has 0 saturated heterocycles. The molecule has 1 heterocycles. The maximum atomic E-state index is 4.22. The molecule has 0 bridgehead atoms. The average Bonchev–Trinajstić information content (AvgIpc) is 2.18. The summed E-state index contributed by atoms with van der Waals surface area (Å²) in [6, 6.07) is 4.28. The molecular weight excluding hydrogens is 170 g/mol. The van der Waals surface area contributed by atoms with E-state index >= 15 is 0 Å². The number of pyridine rings is 1. The van der Waals surface area contributed by atoms with E-state index in [2.05, 4.69) is 48.3 Å². The summed E-state index contributed by atoms with van der Waals surface area (Å²) in [5.41, 5.74) is 2.46. The number of hydrogen-bond acceptors (Lipinski definition) is 1. The lowest BCUT2D eigenvalue weighted by molar-refractivity contribution is 0.634. The van der Waals surface area contributed by atoms with E-state index < -0.39 is 0 Å². The number of aryl methyl sites for hydroxylation is 1. The monoisotopic (exact) mass is 185 g/mol. The molecule has 2 atom stereocenters. The molecule has 14 heavy (non-hydrogen) atoms. The molecule has 0 N–H and O–H groups in total. The maximum Gasteiger partial charge on any atom is 0.0375 e. The fourth-order valence-electron chi connectivity index (χ4n) is 1.91. The van der Waals surface area contributed by atoms with Gasteiger partial charge in [0.15, 0.2) is 0 Å². The van der Waals surface area contributed by atoms with E-state index in [0.717, 1.165) is 5.69 Å². The Bertz CT molecular complexity index is 377. The summed E-state index contributed by atoms with van der Waals surface area (Å²) in [5.74, 6) is 1.10. The molecule has 2 unspecified atom stereocenters. The molecule has 0 spiro atoms. The summed E-state index contributed by atoms with van der Waals surface area (Å²) in [6.45, 7) is 4.29. The number of hydrogen-bond donors (Lipinski definition) is 0. The fourth-order valence-corrected chi connectivity index (χ4v) is 1.91. The third-order valence-electron chi connectivity index (χ3n) is 2.72. The van der Waals surface area contributed by atoms with Gasteiger partial charge in [-0.05, 0) is 30.5 Å². The van der Waals surface area contributed by atoms with Crippen LogP contribution in [-0.4, -0.2) is 4.98 Å². The number of nitrogens with zero attached hydrogens (tertiary/aromatic N) is 1. The van der Waals surface area contributed by atoms with Gasteiger partial charge in [0.05, 0.1) is 0 Å². The number of rotatable bonds is 1. The van der Waals surface area contributed by atoms with Crippen molar-refractivity contribution in [1.82, 2.24) is 4.98 Å². The third-order valence-corrected chi connectivity index (χ3v) is 2.72. The van der Waals surface area contributed by atoms with E-state index in [1.54, 1.807) is 0 Å². The quantitative estimate of drug-likeness (QED) is 0.654. The summed E-state index contributed by atoms with van der Waals surface area (Å²) >= 11 is 0. The van der Waals surface area contributed by atoms with E-state index in [0.29, 0.717) is 11.8 Å². The molecule has 1 heteroatoms. The fraction of sp³-hybridized carbons (Fsp3) is 0.308. The predicted octanol–water partition coefficient (Wildman–Crippen LogP) is 3.24. The Hall–Kier alpha value is -1.37. The van der Waals surface area contributed by atoms with Crippen molar-refractivity contribution >= 4 is 0 Å². The van der Waals surface area contributed by atoms with E-state index in [1.165, 1.54) is 5.56 Å². The van der Waals surface area contributed by atoms with Crippen molar-refractivity contribution < 1.29 is 0 Å². The molecule has 0 radical (unpaired) electrons. The van der Waals surface area contributed by atoms with Crippen molar-refractivity contribution in [2.45, 2.75) is 19.8 Å². The second kappa shape index (κ2) is 3.79. The van der Waals surface area contributed by atoms with Crippen molar-refractivity contribution in [1.29, 1.82) is 0 Å². The first-order chi connectivity index (χ1) is 6.77. The zero-order chi connectivity index (χ0) is 9.97.